The van der Waals surface area contributed by atoms with Gasteiger partial charge in [0, 0.05) is 0 Å². The van der Waals surface area contributed by atoms with E-state index in [4.69, 9.17) is 15.2 Å². The third-order valence-electron chi connectivity index (χ3n) is 1.93. The normalized spacial score (nSPS) is 49.1. The minimum absolute atomic E-state index is 1.40. The maximum atomic E-state index is 12.7. The molecule has 0 spiro atoms. The lowest BCUT2D eigenvalue weighted by molar-refractivity contribution is 0.105. The van der Waals surface area contributed by atoms with Crippen molar-refractivity contribution in [2.24, 2.45) is 0 Å². The predicted molar refractivity (Wildman–Crippen MR) is 29.9 cm³/mol. The molecular formula is C4H6BF3O3. The molecule has 0 aromatic carbocycles. The number of aliphatic hydroxyl groups excluding tert-OH is 1. The zero-order valence-corrected chi connectivity index (χ0v) is 5.34. The van der Waals surface area contributed by atoms with Crippen molar-refractivity contribution in [2.45, 2.75) is 17.4 Å². The van der Waals surface area contributed by atoms with Gasteiger partial charge < -0.3 is 15.2 Å². The summed E-state index contributed by atoms with van der Waals surface area (Å²) in [4.78, 5) is 0. The molecule has 0 saturated heterocycles. The van der Waals surface area contributed by atoms with E-state index in [1.807, 2.05) is 0 Å². The summed E-state index contributed by atoms with van der Waals surface area (Å²) in [6.07, 6.45) is -2.67. The molecule has 1 aliphatic rings. The molecule has 3 atom stereocenters. The van der Waals surface area contributed by atoms with Crippen LogP contribution in [0.15, 0.2) is 0 Å². The number of alkyl halides is 3. The van der Waals surface area contributed by atoms with E-state index in [0.717, 1.165) is 0 Å². The summed E-state index contributed by atoms with van der Waals surface area (Å²) < 4.78 is 37.5. The highest BCUT2D eigenvalue weighted by Gasteiger charge is 2.87. The average molecular weight is 170 g/mol. The van der Waals surface area contributed by atoms with E-state index in [2.05, 4.69) is 0 Å². The second-order valence-electron chi connectivity index (χ2n) is 2.52. The van der Waals surface area contributed by atoms with Gasteiger partial charge in [0.2, 0.25) is 11.2 Å². The van der Waals surface area contributed by atoms with Crippen molar-refractivity contribution in [3.05, 3.63) is 0 Å². The van der Waals surface area contributed by atoms with Crippen molar-refractivity contribution >= 4 is 7.12 Å². The molecule has 1 fully saturated rings. The lowest BCUT2D eigenvalue weighted by Crippen LogP contribution is -2.38. The molecule has 0 amide bonds. The molecule has 1 unspecified atom stereocenters. The monoisotopic (exact) mass is 170 g/mol. The highest BCUT2D eigenvalue weighted by atomic mass is 19.2. The van der Waals surface area contributed by atoms with Gasteiger partial charge in [-0.3, -0.25) is 0 Å². The first-order chi connectivity index (χ1) is 4.91. The zero-order chi connectivity index (χ0) is 8.86. The van der Waals surface area contributed by atoms with Crippen LogP contribution >= 0.6 is 0 Å². The van der Waals surface area contributed by atoms with Crippen molar-refractivity contribution < 1.29 is 28.3 Å². The quantitative estimate of drug-likeness (QED) is 0.454. The summed E-state index contributed by atoms with van der Waals surface area (Å²) >= 11 is 0. The van der Waals surface area contributed by atoms with Crippen LogP contribution in [0.2, 0.25) is 0 Å². The van der Waals surface area contributed by atoms with Crippen LogP contribution in [0, 0.1) is 0 Å². The van der Waals surface area contributed by atoms with E-state index in [1.165, 1.54) is 0 Å². The number of rotatable bonds is 2. The first-order valence-electron chi connectivity index (χ1n) is 2.90. The fourth-order valence-corrected chi connectivity index (χ4v) is 0.986. The topological polar surface area (TPSA) is 60.7 Å². The smallest absolute Gasteiger partial charge is 0.425 e. The van der Waals surface area contributed by atoms with Crippen molar-refractivity contribution in [2.75, 3.05) is 6.61 Å². The van der Waals surface area contributed by atoms with E-state index in [-0.39, 0.29) is 0 Å². The molecule has 1 saturated carbocycles. The molecule has 3 nitrogen and oxygen atoms in total. The molecule has 1 aliphatic carbocycles. The molecular weight excluding hydrogens is 164 g/mol. The molecule has 0 aromatic rings. The Morgan fingerprint density at radius 3 is 1.91 bits per heavy atom. The van der Waals surface area contributed by atoms with E-state index in [9.17, 15) is 13.2 Å². The molecule has 0 aromatic heterocycles. The van der Waals surface area contributed by atoms with Crippen LogP contribution in [-0.2, 0) is 0 Å². The van der Waals surface area contributed by atoms with Gasteiger partial charge in [-0.2, -0.15) is 0 Å². The Hall–Kier alpha value is -0.265. The van der Waals surface area contributed by atoms with Gasteiger partial charge in [-0.15, -0.1) is 0 Å². The van der Waals surface area contributed by atoms with Gasteiger partial charge in [0.15, 0.2) is 6.17 Å². The van der Waals surface area contributed by atoms with Crippen LogP contribution in [0.4, 0.5) is 13.2 Å². The minimum atomic E-state index is -3.36. The Morgan fingerprint density at radius 2 is 1.82 bits per heavy atom. The van der Waals surface area contributed by atoms with Crippen LogP contribution in [-0.4, -0.2) is 46.3 Å². The first-order valence-corrected chi connectivity index (χ1v) is 2.90. The molecule has 11 heavy (non-hydrogen) atoms. The van der Waals surface area contributed by atoms with E-state index in [1.54, 1.807) is 0 Å². The molecule has 1 rings (SSSR count). The Balaban J connectivity index is 2.80. The van der Waals surface area contributed by atoms with Crippen LogP contribution in [0.25, 0.3) is 0 Å². The molecule has 7 heteroatoms. The standard InChI is InChI=1S/C4H6BF3O3/c6-2-3(7,1-9)4(2,8)5(10)11/h2,9-11H,1H2/t2?,3-,4+/m1/s1. The van der Waals surface area contributed by atoms with Crippen LogP contribution in [0.5, 0.6) is 0 Å². The fourth-order valence-electron chi connectivity index (χ4n) is 0.986. The van der Waals surface area contributed by atoms with Crippen molar-refractivity contribution in [1.29, 1.82) is 0 Å². The van der Waals surface area contributed by atoms with Gasteiger partial charge in [-0.25, -0.2) is 13.2 Å². The second-order valence-corrected chi connectivity index (χ2v) is 2.52. The molecule has 3 N–H and O–H groups in total. The van der Waals surface area contributed by atoms with E-state index >= 15 is 0 Å². The van der Waals surface area contributed by atoms with Crippen molar-refractivity contribution in [3.63, 3.8) is 0 Å². The van der Waals surface area contributed by atoms with Crippen molar-refractivity contribution in [1.82, 2.24) is 0 Å². The molecule has 64 valence electrons. The summed E-state index contributed by atoms with van der Waals surface area (Å²) in [7, 11) is -2.74. The first kappa shape index (κ1) is 8.83. The largest absolute Gasteiger partial charge is 0.498 e. The minimum Gasteiger partial charge on any atom is -0.425 e. The lowest BCUT2D eigenvalue weighted by Gasteiger charge is -2.05. The maximum absolute atomic E-state index is 12.7. The number of hydrogen-bond acceptors (Lipinski definition) is 3. The van der Waals surface area contributed by atoms with E-state index in [0.29, 0.717) is 0 Å². The van der Waals surface area contributed by atoms with Gasteiger partial charge in [-0.05, 0) is 0 Å². The summed E-state index contributed by atoms with van der Waals surface area (Å²) in [6, 6.07) is 0. The Kier molecular flexibility index (Phi) is 1.70. The molecule has 0 bridgehead atoms. The summed E-state index contributed by atoms with van der Waals surface area (Å²) in [5.74, 6) is 0. The van der Waals surface area contributed by atoms with Crippen LogP contribution in [0.3, 0.4) is 0 Å². The third-order valence-corrected chi connectivity index (χ3v) is 1.93. The highest BCUT2D eigenvalue weighted by molar-refractivity contribution is 6.48. The number of aliphatic hydroxyl groups is 1. The van der Waals surface area contributed by atoms with Gasteiger partial charge in [0.25, 0.3) is 0 Å². The summed E-state index contributed by atoms with van der Waals surface area (Å²) in [5, 5.41) is 24.5. The SMILES string of the molecule is OC[C@@]1(F)C(F)[C@@]1(F)B(O)O. The average Bonchev–Trinajstić information content (AvgIpc) is 2.39. The number of halogens is 3. The molecule has 0 heterocycles. The van der Waals surface area contributed by atoms with Gasteiger partial charge >= 0.3 is 7.12 Å². The lowest BCUT2D eigenvalue weighted by atomic mass is 9.78. The molecule has 0 aliphatic heterocycles. The number of hydrogen-bond donors (Lipinski definition) is 3. The Bertz CT molecular complexity index is 180. The Labute approximate surface area is 60.6 Å². The van der Waals surface area contributed by atoms with Crippen molar-refractivity contribution in [3.8, 4) is 0 Å². The maximum Gasteiger partial charge on any atom is 0.498 e. The summed E-state index contributed by atoms with van der Waals surface area (Å²) in [6.45, 7) is -1.40. The highest BCUT2D eigenvalue weighted by Crippen LogP contribution is 2.57. The van der Waals surface area contributed by atoms with Gasteiger partial charge in [0.1, 0.15) is 0 Å². The second kappa shape index (κ2) is 2.12. The molecule has 0 radical (unpaired) electrons. The summed E-state index contributed by atoms with van der Waals surface area (Å²) in [5.41, 5.74) is -6.51. The zero-order valence-electron chi connectivity index (χ0n) is 5.34. The van der Waals surface area contributed by atoms with E-state index < -0.39 is 31.1 Å². The third kappa shape index (κ3) is 0.757. The fraction of sp³-hybridized carbons (Fsp3) is 1.00. The van der Waals surface area contributed by atoms with Gasteiger partial charge in [0.05, 0.1) is 6.61 Å². The Morgan fingerprint density at radius 1 is 1.36 bits per heavy atom. The van der Waals surface area contributed by atoms with Crippen LogP contribution < -0.4 is 0 Å². The predicted octanol–water partition coefficient (Wildman–Crippen LogP) is -1.24. The van der Waals surface area contributed by atoms with Gasteiger partial charge in [-0.1, -0.05) is 0 Å². The van der Waals surface area contributed by atoms with Crippen LogP contribution in [0.1, 0.15) is 0 Å².